The molecule has 28 heavy (non-hydrogen) atoms. The molecular formula is C11H20F7N2O6S2+. The van der Waals surface area contributed by atoms with Crippen LogP contribution in [-0.2, 0) is 20.1 Å². The van der Waals surface area contributed by atoms with Gasteiger partial charge in [0.2, 0.25) is 0 Å². The van der Waals surface area contributed by atoms with Crippen molar-refractivity contribution < 1.29 is 61.7 Å². The molecular weight excluding hydrogens is 453 g/mol. The number of rotatable bonds is 11. The standard InChI is InChI=1S/C11H19F7N2O6S2/c1-20(2,6-8(21)7-27(22,23)24)5-3-4-19-28(25,26)11(17,18)9(12,13)10(14,15)16/h8,19,21H,3-7H2,1-2H3/p+1. The Morgan fingerprint density at radius 3 is 1.86 bits per heavy atom. The maximum atomic E-state index is 13.2. The first-order chi connectivity index (χ1) is 12.1. The first-order valence-electron chi connectivity index (χ1n) is 7.32. The van der Waals surface area contributed by atoms with Crippen molar-refractivity contribution in [2.24, 2.45) is 0 Å². The molecule has 0 bridgehead atoms. The predicted octanol–water partition coefficient (Wildman–Crippen LogP) is 0.411. The monoisotopic (exact) mass is 473 g/mol. The molecule has 0 aromatic rings. The number of aliphatic hydroxyl groups is 1. The van der Waals surface area contributed by atoms with Crippen molar-refractivity contribution in [1.29, 1.82) is 0 Å². The van der Waals surface area contributed by atoms with Crippen LogP contribution < -0.4 is 4.72 Å². The number of hydrogen-bond acceptors (Lipinski definition) is 5. The Hall–Kier alpha value is -0.750. The third kappa shape index (κ3) is 7.25. The van der Waals surface area contributed by atoms with Crippen LogP contribution in [0.15, 0.2) is 0 Å². The molecule has 3 N–H and O–H groups in total. The highest BCUT2D eigenvalue weighted by Crippen LogP contribution is 2.48. The van der Waals surface area contributed by atoms with Gasteiger partial charge in [-0.25, -0.2) is 13.1 Å². The normalized spacial score (nSPS) is 16.2. The minimum Gasteiger partial charge on any atom is -0.386 e. The lowest BCUT2D eigenvalue weighted by Gasteiger charge is -2.32. The molecule has 0 rings (SSSR count). The SMILES string of the molecule is C[N+](C)(CCCNS(=O)(=O)C(F)(F)C(F)(F)C(F)(F)F)CC(O)CS(=O)(=O)O. The first kappa shape index (κ1) is 27.2. The Morgan fingerprint density at radius 2 is 1.46 bits per heavy atom. The Bertz CT molecular complexity index is 737. The largest absolute Gasteiger partial charge is 0.461 e. The third-order valence-electron chi connectivity index (χ3n) is 3.40. The van der Waals surface area contributed by atoms with Crippen LogP contribution in [-0.4, -0.2) is 93.9 Å². The molecule has 0 radical (unpaired) electrons. The number of alkyl halides is 7. The fraction of sp³-hybridized carbons (Fsp3) is 1.00. The number of quaternary nitrogens is 1. The number of nitrogens with one attached hydrogen (secondary N) is 1. The second-order valence-electron chi connectivity index (χ2n) is 6.58. The summed E-state index contributed by atoms with van der Waals surface area (Å²) in [5, 5.41) is 3.07. The zero-order valence-corrected chi connectivity index (χ0v) is 16.2. The molecule has 0 heterocycles. The lowest BCUT2D eigenvalue weighted by Crippen LogP contribution is -2.59. The van der Waals surface area contributed by atoms with E-state index >= 15 is 0 Å². The van der Waals surface area contributed by atoms with Gasteiger partial charge in [-0.3, -0.25) is 4.55 Å². The van der Waals surface area contributed by atoms with Gasteiger partial charge in [-0.2, -0.15) is 39.2 Å². The summed E-state index contributed by atoms with van der Waals surface area (Å²) in [5.41, 5.74) is 0. The molecule has 1 atom stereocenters. The van der Waals surface area contributed by atoms with E-state index in [2.05, 4.69) is 0 Å². The summed E-state index contributed by atoms with van der Waals surface area (Å²) in [6, 6.07) is 0. The van der Waals surface area contributed by atoms with E-state index in [9.17, 15) is 52.7 Å². The van der Waals surface area contributed by atoms with Crippen molar-refractivity contribution in [3.05, 3.63) is 0 Å². The van der Waals surface area contributed by atoms with Crippen molar-refractivity contribution in [3.63, 3.8) is 0 Å². The minimum absolute atomic E-state index is 0.119. The molecule has 170 valence electrons. The Morgan fingerprint density at radius 1 is 1.00 bits per heavy atom. The zero-order chi connectivity index (χ0) is 22.8. The van der Waals surface area contributed by atoms with Crippen LogP contribution in [0.1, 0.15) is 6.42 Å². The van der Waals surface area contributed by atoms with E-state index in [-0.39, 0.29) is 24.0 Å². The molecule has 0 saturated carbocycles. The summed E-state index contributed by atoms with van der Waals surface area (Å²) in [6.45, 7) is -1.33. The second-order valence-corrected chi connectivity index (χ2v) is 9.89. The number of halogens is 7. The van der Waals surface area contributed by atoms with Gasteiger partial charge in [0.05, 0.1) is 20.6 Å². The predicted molar refractivity (Wildman–Crippen MR) is 81.8 cm³/mol. The van der Waals surface area contributed by atoms with E-state index in [0.29, 0.717) is 0 Å². The highest BCUT2D eigenvalue weighted by Gasteiger charge is 2.78. The van der Waals surface area contributed by atoms with Gasteiger partial charge in [0.25, 0.3) is 20.1 Å². The molecule has 0 aliphatic heterocycles. The van der Waals surface area contributed by atoms with Crippen molar-refractivity contribution in [3.8, 4) is 0 Å². The van der Waals surface area contributed by atoms with Gasteiger partial charge in [-0.05, 0) is 0 Å². The quantitative estimate of drug-likeness (QED) is 0.173. The van der Waals surface area contributed by atoms with E-state index < -0.39 is 55.9 Å². The van der Waals surface area contributed by atoms with Crippen molar-refractivity contribution in [2.45, 2.75) is 29.9 Å². The van der Waals surface area contributed by atoms with Crippen LogP contribution >= 0.6 is 0 Å². The third-order valence-corrected chi connectivity index (χ3v) is 5.72. The van der Waals surface area contributed by atoms with E-state index in [0.717, 1.165) is 4.72 Å². The maximum Gasteiger partial charge on any atom is 0.461 e. The van der Waals surface area contributed by atoms with Gasteiger partial charge in [-0.15, -0.1) is 0 Å². The van der Waals surface area contributed by atoms with E-state index in [4.69, 9.17) is 4.55 Å². The van der Waals surface area contributed by atoms with Crippen LogP contribution in [0.4, 0.5) is 30.7 Å². The topological polar surface area (TPSA) is 121 Å². The molecule has 0 fully saturated rings. The van der Waals surface area contributed by atoms with Crippen molar-refractivity contribution in [2.75, 3.05) is 39.5 Å². The van der Waals surface area contributed by atoms with E-state index in [1.54, 1.807) is 0 Å². The molecule has 8 nitrogen and oxygen atoms in total. The summed E-state index contributed by atoms with van der Waals surface area (Å²) in [7, 11) is -8.07. The number of hydrogen-bond donors (Lipinski definition) is 3. The Balaban J connectivity index is 4.87. The van der Waals surface area contributed by atoms with Gasteiger partial charge >= 0.3 is 17.4 Å². The molecule has 1 unspecified atom stereocenters. The van der Waals surface area contributed by atoms with Gasteiger partial charge < -0.3 is 9.59 Å². The van der Waals surface area contributed by atoms with Crippen molar-refractivity contribution >= 4 is 20.1 Å². The summed E-state index contributed by atoms with van der Waals surface area (Å²) < 4.78 is 141. The van der Waals surface area contributed by atoms with Crippen LogP contribution in [0, 0.1) is 0 Å². The molecule has 0 spiro atoms. The number of likely N-dealkylation sites (N-methyl/N-ethyl adjacent to an activating group) is 1. The second kappa shape index (κ2) is 8.55. The number of nitrogens with zero attached hydrogens (tertiary/aromatic N) is 1. The van der Waals surface area contributed by atoms with Gasteiger partial charge in [-0.1, -0.05) is 0 Å². The summed E-state index contributed by atoms with van der Waals surface area (Å²) in [4.78, 5) is 0. The van der Waals surface area contributed by atoms with Gasteiger partial charge in [0.1, 0.15) is 18.4 Å². The Kier molecular flexibility index (Phi) is 8.32. The smallest absolute Gasteiger partial charge is 0.386 e. The maximum absolute atomic E-state index is 13.2. The summed E-state index contributed by atoms with van der Waals surface area (Å²) >= 11 is 0. The van der Waals surface area contributed by atoms with E-state index in [1.807, 2.05) is 0 Å². The van der Waals surface area contributed by atoms with Crippen LogP contribution in [0.25, 0.3) is 0 Å². The molecule has 17 heteroatoms. The van der Waals surface area contributed by atoms with Crippen LogP contribution in [0.3, 0.4) is 0 Å². The first-order valence-corrected chi connectivity index (χ1v) is 10.4. The molecule has 0 saturated heterocycles. The lowest BCUT2D eigenvalue weighted by molar-refractivity contribution is -0.893. The van der Waals surface area contributed by atoms with E-state index in [1.165, 1.54) is 14.1 Å². The highest BCUT2D eigenvalue weighted by atomic mass is 32.2. The van der Waals surface area contributed by atoms with Gasteiger partial charge in [0.15, 0.2) is 0 Å². The van der Waals surface area contributed by atoms with Gasteiger partial charge in [0, 0.05) is 13.0 Å². The number of sulfonamides is 1. The summed E-state index contributed by atoms with van der Waals surface area (Å²) in [5.74, 6) is -7.82. The lowest BCUT2D eigenvalue weighted by atomic mass is 10.3. The van der Waals surface area contributed by atoms with Crippen LogP contribution in [0.2, 0.25) is 0 Å². The minimum atomic E-state index is -6.82. The molecule has 0 amide bonds. The zero-order valence-electron chi connectivity index (χ0n) is 14.5. The highest BCUT2D eigenvalue weighted by molar-refractivity contribution is 7.90. The summed E-state index contributed by atoms with van der Waals surface area (Å²) in [6.07, 6.45) is -8.66. The van der Waals surface area contributed by atoms with Crippen molar-refractivity contribution in [1.82, 2.24) is 4.72 Å². The fourth-order valence-electron chi connectivity index (χ4n) is 2.10. The molecule has 0 aromatic carbocycles. The Labute approximate surface area is 156 Å². The average molecular weight is 473 g/mol. The fourth-order valence-corrected chi connectivity index (χ4v) is 3.73. The van der Waals surface area contributed by atoms with Crippen LogP contribution in [0.5, 0.6) is 0 Å². The molecule has 0 aliphatic rings. The molecule has 0 aromatic heterocycles. The number of aliphatic hydroxyl groups excluding tert-OH is 1. The average Bonchev–Trinajstić information content (AvgIpc) is 2.39. The molecule has 0 aliphatic carbocycles.